The van der Waals surface area contributed by atoms with E-state index in [2.05, 4.69) is 34.6 Å². The normalized spacial score (nSPS) is 45.5. The Bertz CT molecular complexity index is 904. The van der Waals surface area contributed by atoms with Crippen molar-refractivity contribution in [2.24, 2.45) is 39.4 Å². The highest BCUT2D eigenvalue weighted by molar-refractivity contribution is 5.89. The first-order valence-corrected chi connectivity index (χ1v) is 12.3. The second-order valence-electron chi connectivity index (χ2n) is 12.4. The lowest BCUT2D eigenvalue weighted by atomic mass is 9.36. The molecular weight excluding hydrogens is 384 g/mol. The average molecular weight is 423 g/mol. The maximum Gasteiger partial charge on any atom is 0.338 e. The molecule has 3 nitrogen and oxygen atoms in total. The van der Waals surface area contributed by atoms with E-state index in [1.807, 2.05) is 30.3 Å². The lowest BCUT2D eigenvalue weighted by Gasteiger charge is -2.68. The minimum absolute atomic E-state index is 0.0921. The topological polar surface area (TPSA) is 43.4 Å². The summed E-state index contributed by atoms with van der Waals surface area (Å²) in [4.78, 5) is 26.2. The molecule has 7 atom stereocenters. The summed E-state index contributed by atoms with van der Waals surface area (Å²) in [6.07, 6.45) is 7.04. The molecule has 4 aliphatic carbocycles. The molecule has 0 saturated heterocycles. The van der Waals surface area contributed by atoms with Gasteiger partial charge in [0.05, 0.1) is 5.56 Å². The van der Waals surface area contributed by atoms with E-state index < -0.39 is 0 Å². The van der Waals surface area contributed by atoms with Crippen molar-refractivity contribution < 1.29 is 14.3 Å². The highest BCUT2D eigenvalue weighted by Crippen LogP contribution is 2.76. The van der Waals surface area contributed by atoms with Gasteiger partial charge in [-0.2, -0.15) is 0 Å². The number of esters is 1. The van der Waals surface area contributed by atoms with Crippen LogP contribution in [0.15, 0.2) is 30.3 Å². The Kier molecular flexibility index (Phi) is 4.57. The summed E-state index contributed by atoms with van der Waals surface area (Å²) in [5.41, 5.74) is 0.901. The van der Waals surface area contributed by atoms with Gasteiger partial charge in [0.25, 0.3) is 0 Å². The number of hydrogen-bond donors (Lipinski definition) is 0. The molecule has 168 valence electrons. The third kappa shape index (κ3) is 2.77. The number of fused-ring (bicyclic) bond motifs is 2. The summed E-state index contributed by atoms with van der Waals surface area (Å²) < 4.78 is 6.36. The number of benzene rings is 1. The van der Waals surface area contributed by atoms with Crippen LogP contribution in [0.25, 0.3) is 0 Å². The quantitative estimate of drug-likeness (QED) is 0.514. The van der Waals surface area contributed by atoms with Crippen LogP contribution in [-0.2, 0) is 9.53 Å². The largest absolute Gasteiger partial charge is 0.458 e. The molecule has 5 rings (SSSR count). The maximum atomic E-state index is 13.1. The fourth-order valence-corrected chi connectivity index (χ4v) is 8.82. The Morgan fingerprint density at radius 3 is 2.45 bits per heavy atom. The summed E-state index contributed by atoms with van der Waals surface area (Å²) in [5, 5.41) is 0. The zero-order valence-corrected chi connectivity index (χ0v) is 19.9. The second kappa shape index (κ2) is 6.68. The molecule has 4 saturated carbocycles. The molecule has 4 fully saturated rings. The average Bonchev–Trinajstić information content (AvgIpc) is 3.05. The van der Waals surface area contributed by atoms with E-state index in [4.69, 9.17) is 4.74 Å². The molecule has 0 aromatic heterocycles. The molecule has 3 heteroatoms. The highest BCUT2D eigenvalue weighted by Gasteiger charge is 2.72. The molecule has 0 N–H and O–H groups in total. The minimum Gasteiger partial charge on any atom is -0.458 e. The molecule has 0 amide bonds. The monoisotopic (exact) mass is 422 g/mol. The van der Waals surface area contributed by atoms with Crippen LogP contribution < -0.4 is 0 Å². The molecule has 0 heterocycles. The number of Topliss-reactive ketones (excluding diaryl/α,β-unsaturated/α-hetero) is 1. The number of carbonyl (C=O) groups is 2. The van der Waals surface area contributed by atoms with Gasteiger partial charge in [-0.1, -0.05) is 52.8 Å². The third-order valence-corrected chi connectivity index (χ3v) is 10.9. The molecule has 2 bridgehead atoms. The van der Waals surface area contributed by atoms with Gasteiger partial charge in [0.1, 0.15) is 11.9 Å². The fraction of sp³-hybridized carbons (Fsp3) is 0.714. The first-order valence-electron chi connectivity index (χ1n) is 12.3. The van der Waals surface area contributed by atoms with E-state index >= 15 is 0 Å². The van der Waals surface area contributed by atoms with Gasteiger partial charge in [-0.25, -0.2) is 4.79 Å². The van der Waals surface area contributed by atoms with Crippen LogP contribution in [0.3, 0.4) is 0 Å². The van der Waals surface area contributed by atoms with Gasteiger partial charge in [-0.15, -0.1) is 0 Å². The minimum atomic E-state index is -0.212. The molecular formula is C28H38O3. The van der Waals surface area contributed by atoms with Crippen LogP contribution in [0.2, 0.25) is 0 Å². The predicted molar refractivity (Wildman–Crippen MR) is 122 cm³/mol. The van der Waals surface area contributed by atoms with E-state index in [-0.39, 0.29) is 33.7 Å². The standard InChI is InChI=1S/C28H38O3/c1-18-11-12-27(5)23(25(18,2)3)21(31-24(30)19-9-7-6-8-10-19)15-20-16-22(29)26(4)13-14-28(20,27)17-26/h6-10,18,20-21,23H,11-17H2,1-5H3/t18-,20-,21+,23-,26-,27-,28-/m0/s1. The van der Waals surface area contributed by atoms with Gasteiger partial charge < -0.3 is 4.74 Å². The first kappa shape index (κ1) is 21.2. The van der Waals surface area contributed by atoms with Gasteiger partial charge in [0.15, 0.2) is 0 Å². The SMILES string of the molecule is C[C@H]1CC[C@@]2(C)[C@@H]([C@H](OC(=O)c3ccccc3)C[C@H]3CC(=O)[C@@]4(C)CC[C@]32C4)C1(C)C. The van der Waals surface area contributed by atoms with Crippen LogP contribution in [0, 0.1) is 39.4 Å². The number of ether oxygens (including phenoxy) is 1. The van der Waals surface area contributed by atoms with Crippen LogP contribution in [0.1, 0.15) is 89.9 Å². The van der Waals surface area contributed by atoms with Crippen molar-refractivity contribution in [2.45, 2.75) is 85.7 Å². The zero-order chi connectivity index (χ0) is 22.2. The predicted octanol–water partition coefficient (Wildman–Crippen LogP) is 6.46. The van der Waals surface area contributed by atoms with Gasteiger partial charge in [-0.05, 0) is 78.7 Å². The van der Waals surface area contributed by atoms with Crippen molar-refractivity contribution >= 4 is 11.8 Å². The van der Waals surface area contributed by atoms with Crippen molar-refractivity contribution in [2.75, 3.05) is 0 Å². The second-order valence-corrected chi connectivity index (χ2v) is 12.4. The summed E-state index contributed by atoms with van der Waals surface area (Å²) in [6.45, 7) is 11.9. The molecule has 0 unspecified atom stereocenters. The highest BCUT2D eigenvalue weighted by atomic mass is 16.5. The molecule has 4 aliphatic rings. The van der Waals surface area contributed by atoms with Crippen LogP contribution in [0.5, 0.6) is 0 Å². The fourth-order valence-electron chi connectivity index (χ4n) is 8.82. The van der Waals surface area contributed by atoms with E-state index in [1.54, 1.807) is 0 Å². The zero-order valence-electron chi connectivity index (χ0n) is 19.9. The van der Waals surface area contributed by atoms with Crippen molar-refractivity contribution in [3.05, 3.63) is 35.9 Å². The Morgan fingerprint density at radius 2 is 1.74 bits per heavy atom. The summed E-state index contributed by atoms with van der Waals surface area (Å²) in [7, 11) is 0. The van der Waals surface area contributed by atoms with Crippen molar-refractivity contribution in [3.8, 4) is 0 Å². The van der Waals surface area contributed by atoms with E-state index in [0.717, 1.165) is 25.7 Å². The first-order chi connectivity index (χ1) is 14.5. The van der Waals surface area contributed by atoms with E-state index in [0.29, 0.717) is 35.5 Å². The van der Waals surface area contributed by atoms with Gasteiger partial charge in [-0.3, -0.25) is 4.79 Å². The van der Waals surface area contributed by atoms with Gasteiger partial charge in [0.2, 0.25) is 0 Å². The van der Waals surface area contributed by atoms with Crippen LogP contribution >= 0.6 is 0 Å². The van der Waals surface area contributed by atoms with Crippen LogP contribution in [-0.4, -0.2) is 17.9 Å². The smallest absolute Gasteiger partial charge is 0.338 e. The number of hydrogen-bond acceptors (Lipinski definition) is 3. The van der Waals surface area contributed by atoms with Crippen LogP contribution in [0.4, 0.5) is 0 Å². The Hall–Kier alpha value is -1.64. The Balaban J connectivity index is 1.57. The molecule has 31 heavy (non-hydrogen) atoms. The Labute approximate surface area is 187 Å². The van der Waals surface area contributed by atoms with E-state index in [1.165, 1.54) is 12.8 Å². The molecule has 0 aliphatic heterocycles. The van der Waals surface area contributed by atoms with Gasteiger partial charge in [0, 0.05) is 17.8 Å². The summed E-state index contributed by atoms with van der Waals surface area (Å²) in [5.74, 6) is 1.49. The summed E-state index contributed by atoms with van der Waals surface area (Å²) >= 11 is 0. The molecule has 1 aromatic rings. The third-order valence-electron chi connectivity index (χ3n) is 10.9. The number of ketones is 1. The van der Waals surface area contributed by atoms with E-state index in [9.17, 15) is 9.59 Å². The Morgan fingerprint density at radius 1 is 1.03 bits per heavy atom. The maximum absolute atomic E-state index is 13.1. The van der Waals surface area contributed by atoms with Gasteiger partial charge >= 0.3 is 5.97 Å². The summed E-state index contributed by atoms with van der Waals surface area (Å²) in [6, 6.07) is 9.39. The van der Waals surface area contributed by atoms with Crippen molar-refractivity contribution in [1.82, 2.24) is 0 Å². The molecule has 0 radical (unpaired) electrons. The molecule has 1 aromatic carbocycles. The van der Waals surface area contributed by atoms with Crippen molar-refractivity contribution in [3.63, 3.8) is 0 Å². The lowest BCUT2D eigenvalue weighted by molar-refractivity contribution is -0.226. The molecule has 1 spiro atoms. The number of carbonyl (C=O) groups excluding carboxylic acids is 2. The van der Waals surface area contributed by atoms with Crippen molar-refractivity contribution in [1.29, 1.82) is 0 Å². The lowest BCUT2D eigenvalue weighted by Crippen LogP contribution is -2.65. The number of rotatable bonds is 2.